The molecule has 0 aliphatic carbocycles. The van der Waals surface area contributed by atoms with Crippen molar-refractivity contribution >= 4 is 5.97 Å². The molecule has 0 aliphatic heterocycles. The molecule has 0 atom stereocenters. The molecule has 0 unspecified atom stereocenters. The van der Waals surface area contributed by atoms with Gasteiger partial charge in [0.25, 0.3) is 0 Å². The Hall–Kier alpha value is -1.05. The maximum absolute atomic E-state index is 12.0. The Bertz CT molecular complexity index is 326. The lowest BCUT2D eigenvalue weighted by Crippen LogP contribution is -2.28. The summed E-state index contributed by atoms with van der Waals surface area (Å²) in [5, 5.41) is 0. The highest BCUT2D eigenvalue weighted by Gasteiger charge is 2.22. The normalized spacial score (nSPS) is 11.2. The minimum absolute atomic E-state index is 0.259. The highest BCUT2D eigenvalue weighted by molar-refractivity contribution is 5.88. The van der Waals surface area contributed by atoms with Crippen molar-refractivity contribution in [3.63, 3.8) is 0 Å². The SMILES string of the molecule is C=C(CCCCC)CCC(=C)C(=O)OC(C)(C)CCC. The first-order chi connectivity index (χ1) is 9.32. The molecule has 0 heterocycles. The van der Waals surface area contributed by atoms with Crippen molar-refractivity contribution in [2.24, 2.45) is 0 Å². The summed E-state index contributed by atoms with van der Waals surface area (Å²) in [6, 6.07) is 0. The highest BCUT2D eigenvalue weighted by atomic mass is 16.6. The van der Waals surface area contributed by atoms with Crippen molar-refractivity contribution in [1.82, 2.24) is 0 Å². The Morgan fingerprint density at radius 1 is 1.00 bits per heavy atom. The Labute approximate surface area is 125 Å². The second-order valence-electron chi connectivity index (χ2n) is 6.21. The molecule has 0 aromatic heterocycles. The van der Waals surface area contributed by atoms with Crippen LogP contribution in [0.25, 0.3) is 0 Å². The molecule has 0 bridgehead atoms. The smallest absolute Gasteiger partial charge is 0.333 e. The van der Waals surface area contributed by atoms with E-state index in [2.05, 4.69) is 27.0 Å². The van der Waals surface area contributed by atoms with Gasteiger partial charge < -0.3 is 4.74 Å². The van der Waals surface area contributed by atoms with Crippen molar-refractivity contribution in [1.29, 1.82) is 0 Å². The van der Waals surface area contributed by atoms with E-state index in [0.717, 1.165) is 25.7 Å². The fraction of sp³-hybridized carbons (Fsp3) is 0.722. The van der Waals surface area contributed by atoms with Gasteiger partial charge in [-0.3, -0.25) is 0 Å². The number of ether oxygens (including phenoxy) is 1. The molecule has 0 aromatic carbocycles. The topological polar surface area (TPSA) is 26.3 Å². The number of hydrogen-bond acceptors (Lipinski definition) is 2. The maximum atomic E-state index is 12.0. The molecule has 0 saturated heterocycles. The quantitative estimate of drug-likeness (QED) is 0.214. The van der Waals surface area contributed by atoms with Gasteiger partial charge in [0.15, 0.2) is 0 Å². The van der Waals surface area contributed by atoms with Crippen LogP contribution in [0.1, 0.15) is 79.1 Å². The monoisotopic (exact) mass is 280 g/mol. The molecule has 0 spiro atoms. The zero-order valence-electron chi connectivity index (χ0n) is 13.9. The largest absolute Gasteiger partial charge is 0.456 e. The van der Waals surface area contributed by atoms with Gasteiger partial charge >= 0.3 is 5.97 Å². The summed E-state index contributed by atoms with van der Waals surface area (Å²) in [6.07, 6.45) is 8.08. The van der Waals surface area contributed by atoms with Gasteiger partial charge in [0, 0.05) is 5.57 Å². The molecule has 2 nitrogen and oxygen atoms in total. The number of allylic oxidation sites excluding steroid dienone is 1. The minimum atomic E-state index is -0.396. The van der Waals surface area contributed by atoms with Crippen LogP contribution < -0.4 is 0 Å². The second kappa shape index (κ2) is 9.79. The fourth-order valence-corrected chi connectivity index (χ4v) is 2.16. The van der Waals surface area contributed by atoms with Gasteiger partial charge in [-0.25, -0.2) is 4.79 Å². The third-order valence-electron chi connectivity index (χ3n) is 3.42. The van der Waals surface area contributed by atoms with Crippen LogP contribution in [0.4, 0.5) is 0 Å². The summed E-state index contributed by atoms with van der Waals surface area (Å²) >= 11 is 0. The molecule has 0 rings (SSSR count). The van der Waals surface area contributed by atoms with E-state index in [1.165, 1.54) is 24.8 Å². The van der Waals surface area contributed by atoms with E-state index in [1.807, 2.05) is 13.8 Å². The maximum Gasteiger partial charge on any atom is 0.333 e. The first-order valence-electron chi connectivity index (χ1n) is 7.90. The van der Waals surface area contributed by atoms with Crippen molar-refractivity contribution in [2.45, 2.75) is 84.7 Å². The number of carbonyl (C=O) groups excluding carboxylic acids is 1. The Morgan fingerprint density at radius 2 is 1.65 bits per heavy atom. The summed E-state index contributed by atoms with van der Waals surface area (Å²) < 4.78 is 5.50. The molecule has 0 saturated carbocycles. The van der Waals surface area contributed by atoms with Gasteiger partial charge in [-0.2, -0.15) is 0 Å². The zero-order valence-corrected chi connectivity index (χ0v) is 13.9. The van der Waals surface area contributed by atoms with E-state index in [-0.39, 0.29) is 5.97 Å². The lowest BCUT2D eigenvalue weighted by Gasteiger charge is -2.25. The molecule has 20 heavy (non-hydrogen) atoms. The van der Waals surface area contributed by atoms with Crippen LogP contribution in [0, 0.1) is 0 Å². The van der Waals surface area contributed by atoms with Crippen LogP contribution in [-0.2, 0) is 9.53 Å². The zero-order chi connectivity index (χ0) is 15.6. The molecular formula is C18H32O2. The molecule has 0 N–H and O–H groups in total. The summed E-state index contributed by atoms with van der Waals surface area (Å²) in [6.45, 7) is 16.1. The van der Waals surface area contributed by atoms with E-state index in [1.54, 1.807) is 0 Å². The third kappa shape index (κ3) is 8.95. The molecule has 0 radical (unpaired) electrons. The predicted molar refractivity (Wildman–Crippen MR) is 86.7 cm³/mol. The van der Waals surface area contributed by atoms with Crippen LogP contribution in [0.3, 0.4) is 0 Å². The van der Waals surface area contributed by atoms with Crippen LogP contribution in [-0.4, -0.2) is 11.6 Å². The van der Waals surface area contributed by atoms with E-state index in [4.69, 9.17) is 4.74 Å². The summed E-state index contributed by atoms with van der Waals surface area (Å²) in [5.74, 6) is -0.259. The van der Waals surface area contributed by atoms with Gasteiger partial charge in [0.2, 0.25) is 0 Å². The minimum Gasteiger partial charge on any atom is -0.456 e. The van der Waals surface area contributed by atoms with E-state index >= 15 is 0 Å². The summed E-state index contributed by atoms with van der Waals surface area (Å²) in [5.41, 5.74) is 1.37. The van der Waals surface area contributed by atoms with Crippen molar-refractivity contribution in [2.75, 3.05) is 0 Å². The third-order valence-corrected chi connectivity index (χ3v) is 3.42. The average molecular weight is 280 g/mol. The number of esters is 1. The number of carbonyl (C=O) groups is 1. The van der Waals surface area contributed by atoms with Gasteiger partial charge in [-0.05, 0) is 46.0 Å². The molecular weight excluding hydrogens is 248 g/mol. The molecule has 0 aromatic rings. The van der Waals surface area contributed by atoms with Gasteiger partial charge in [0.1, 0.15) is 5.60 Å². The van der Waals surface area contributed by atoms with Crippen molar-refractivity contribution in [3.8, 4) is 0 Å². The van der Waals surface area contributed by atoms with E-state index < -0.39 is 5.60 Å². The van der Waals surface area contributed by atoms with Gasteiger partial charge in [-0.15, -0.1) is 0 Å². The first-order valence-corrected chi connectivity index (χ1v) is 7.90. The van der Waals surface area contributed by atoms with Crippen molar-refractivity contribution < 1.29 is 9.53 Å². The number of unbranched alkanes of at least 4 members (excludes halogenated alkanes) is 2. The fourth-order valence-electron chi connectivity index (χ4n) is 2.16. The molecule has 0 aliphatic rings. The van der Waals surface area contributed by atoms with E-state index in [0.29, 0.717) is 12.0 Å². The number of hydrogen-bond donors (Lipinski definition) is 0. The lowest BCUT2D eigenvalue weighted by molar-refractivity contribution is -0.152. The van der Waals surface area contributed by atoms with Crippen LogP contribution in [0.5, 0.6) is 0 Å². The highest BCUT2D eigenvalue weighted by Crippen LogP contribution is 2.21. The average Bonchev–Trinajstić information content (AvgIpc) is 2.35. The predicted octanol–water partition coefficient (Wildman–Crippen LogP) is 5.58. The van der Waals surface area contributed by atoms with Crippen LogP contribution in [0.15, 0.2) is 24.3 Å². The van der Waals surface area contributed by atoms with Crippen LogP contribution in [0.2, 0.25) is 0 Å². The van der Waals surface area contributed by atoms with Crippen LogP contribution >= 0.6 is 0 Å². The molecule has 2 heteroatoms. The van der Waals surface area contributed by atoms with E-state index in [9.17, 15) is 4.79 Å². The first kappa shape index (κ1) is 18.9. The van der Waals surface area contributed by atoms with Crippen molar-refractivity contribution in [3.05, 3.63) is 24.3 Å². The summed E-state index contributed by atoms with van der Waals surface area (Å²) in [7, 11) is 0. The standard InChI is InChI=1S/C18H32O2/c1-7-9-10-11-15(3)12-13-16(4)17(19)20-18(5,6)14-8-2/h3-4,7-14H2,1-2,5-6H3. The molecule has 116 valence electrons. The second-order valence-corrected chi connectivity index (χ2v) is 6.21. The molecule has 0 amide bonds. The Morgan fingerprint density at radius 3 is 2.20 bits per heavy atom. The van der Waals surface area contributed by atoms with Gasteiger partial charge in [-0.1, -0.05) is 51.8 Å². The summed E-state index contributed by atoms with van der Waals surface area (Å²) in [4.78, 5) is 12.0. The number of rotatable bonds is 11. The molecule has 0 fully saturated rings. The van der Waals surface area contributed by atoms with Gasteiger partial charge in [0.05, 0.1) is 0 Å². The lowest BCUT2D eigenvalue weighted by atomic mass is 10.0. The Kier molecular flexibility index (Phi) is 9.28. The Balaban J connectivity index is 4.02.